The topological polar surface area (TPSA) is 77.8 Å². The van der Waals surface area contributed by atoms with E-state index in [0.29, 0.717) is 22.0 Å². The van der Waals surface area contributed by atoms with E-state index >= 15 is 0 Å². The van der Waals surface area contributed by atoms with Gasteiger partial charge in [0.25, 0.3) is 5.91 Å². The summed E-state index contributed by atoms with van der Waals surface area (Å²) in [5.74, 6) is -0.329. The Labute approximate surface area is 156 Å². The molecule has 1 amide bonds. The van der Waals surface area contributed by atoms with Gasteiger partial charge in [-0.2, -0.15) is 5.26 Å². The summed E-state index contributed by atoms with van der Waals surface area (Å²) in [6, 6.07) is 17.9. The van der Waals surface area contributed by atoms with E-state index in [2.05, 4.69) is 21.7 Å². The summed E-state index contributed by atoms with van der Waals surface area (Å²) >= 11 is 5.99. The highest BCUT2D eigenvalue weighted by molar-refractivity contribution is 6.31. The molecular weight excluding hydrogens is 348 g/mol. The second-order valence-corrected chi connectivity index (χ2v) is 6.10. The van der Waals surface area contributed by atoms with Crippen LogP contribution in [0.25, 0.3) is 0 Å². The molecule has 26 heavy (non-hydrogen) atoms. The number of aryl methyl sites for hydroxylation is 1. The van der Waals surface area contributed by atoms with Crippen LogP contribution in [0.3, 0.4) is 0 Å². The van der Waals surface area contributed by atoms with Crippen molar-refractivity contribution < 1.29 is 4.79 Å². The van der Waals surface area contributed by atoms with Crippen molar-refractivity contribution in [2.45, 2.75) is 6.92 Å². The van der Waals surface area contributed by atoms with Crippen LogP contribution in [0.4, 0.5) is 17.1 Å². The molecule has 0 saturated carbocycles. The molecule has 5 nitrogen and oxygen atoms in total. The van der Waals surface area contributed by atoms with Crippen LogP contribution in [-0.4, -0.2) is 10.9 Å². The highest BCUT2D eigenvalue weighted by atomic mass is 35.5. The number of amides is 1. The van der Waals surface area contributed by atoms with Crippen molar-refractivity contribution >= 4 is 34.6 Å². The first-order valence-corrected chi connectivity index (χ1v) is 8.24. The number of rotatable bonds is 4. The number of pyridine rings is 1. The van der Waals surface area contributed by atoms with Crippen molar-refractivity contribution in [3.63, 3.8) is 0 Å². The predicted octanol–water partition coefficient (Wildman–Crippen LogP) is 4.91. The Morgan fingerprint density at radius 2 is 1.92 bits per heavy atom. The van der Waals surface area contributed by atoms with Gasteiger partial charge in [0.1, 0.15) is 5.69 Å². The number of carbonyl (C=O) groups is 1. The van der Waals surface area contributed by atoms with Gasteiger partial charge in [0.2, 0.25) is 0 Å². The third kappa shape index (κ3) is 4.18. The summed E-state index contributed by atoms with van der Waals surface area (Å²) in [4.78, 5) is 16.6. The van der Waals surface area contributed by atoms with Gasteiger partial charge >= 0.3 is 0 Å². The van der Waals surface area contributed by atoms with Crippen molar-refractivity contribution in [3.8, 4) is 6.07 Å². The first-order chi connectivity index (χ1) is 12.5. The fourth-order valence-electron chi connectivity index (χ4n) is 2.38. The molecule has 0 bridgehead atoms. The molecule has 0 aliphatic carbocycles. The molecule has 0 fully saturated rings. The highest BCUT2D eigenvalue weighted by Crippen LogP contribution is 2.22. The van der Waals surface area contributed by atoms with Crippen LogP contribution in [0.15, 0.2) is 60.8 Å². The molecule has 1 aromatic heterocycles. The monoisotopic (exact) mass is 362 g/mol. The van der Waals surface area contributed by atoms with Crippen LogP contribution in [0.5, 0.6) is 0 Å². The van der Waals surface area contributed by atoms with Gasteiger partial charge in [-0.25, -0.2) is 0 Å². The second kappa shape index (κ2) is 7.68. The summed E-state index contributed by atoms with van der Waals surface area (Å²) in [6.07, 6.45) is 1.55. The SMILES string of the molecule is Cc1ccc(Cl)cc1NC(=O)c1cc(Nc2cccc(C#N)c2)ccn1. The second-order valence-electron chi connectivity index (χ2n) is 5.66. The lowest BCUT2D eigenvalue weighted by atomic mass is 10.2. The van der Waals surface area contributed by atoms with Crippen LogP contribution in [0.1, 0.15) is 21.6 Å². The molecule has 0 saturated heterocycles. The molecule has 2 N–H and O–H groups in total. The van der Waals surface area contributed by atoms with Crippen LogP contribution >= 0.6 is 11.6 Å². The maximum Gasteiger partial charge on any atom is 0.274 e. The van der Waals surface area contributed by atoms with Crippen molar-refractivity contribution in [1.29, 1.82) is 5.26 Å². The molecule has 3 rings (SSSR count). The number of nitrogens with zero attached hydrogens (tertiary/aromatic N) is 2. The number of anilines is 3. The highest BCUT2D eigenvalue weighted by Gasteiger charge is 2.10. The Balaban J connectivity index is 1.79. The first-order valence-electron chi connectivity index (χ1n) is 7.86. The van der Waals surface area contributed by atoms with Gasteiger partial charge in [0.15, 0.2) is 0 Å². The normalized spacial score (nSPS) is 10.0. The molecule has 3 aromatic rings. The van der Waals surface area contributed by atoms with Crippen LogP contribution in [0.2, 0.25) is 5.02 Å². The van der Waals surface area contributed by atoms with E-state index in [1.54, 1.807) is 48.7 Å². The van der Waals surface area contributed by atoms with Gasteiger partial charge in [-0.1, -0.05) is 23.7 Å². The minimum absolute atomic E-state index is 0.269. The molecule has 2 aromatic carbocycles. The lowest BCUT2D eigenvalue weighted by Gasteiger charge is -2.10. The summed E-state index contributed by atoms with van der Waals surface area (Å²) < 4.78 is 0. The largest absolute Gasteiger partial charge is 0.355 e. The van der Waals surface area contributed by atoms with Gasteiger partial charge < -0.3 is 10.6 Å². The van der Waals surface area contributed by atoms with Gasteiger partial charge in [-0.05, 0) is 55.0 Å². The number of carbonyl (C=O) groups excluding carboxylic acids is 1. The molecule has 128 valence electrons. The van der Waals surface area contributed by atoms with Crippen molar-refractivity contribution in [1.82, 2.24) is 4.98 Å². The van der Waals surface area contributed by atoms with Crippen molar-refractivity contribution in [2.24, 2.45) is 0 Å². The zero-order valence-electron chi connectivity index (χ0n) is 14.0. The summed E-state index contributed by atoms with van der Waals surface area (Å²) in [5, 5.41) is 15.5. The number of hydrogen-bond donors (Lipinski definition) is 2. The van der Waals surface area contributed by atoms with Crippen molar-refractivity contribution in [2.75, 3.05) is 10.6 Å². The number of aromatic nitrogens is 1. The lowest BCUT2D eigenvalue weighted by molar-refractivity contribution is 0.102. The molecule has 0 spiro atoms. The van der Waals surface area contributed by atoms with E-state index in [4.69, 9.17) is 16.9 Å². The molecule has 0 unspecified atom stereocenters. The van der Waals surface area contributed by atoms with E-state index in [0.717, 1.165) is 11.3 Å². The zero-order valence-corrected chi connectivity index (χ0v) is 14.7. The molecule has 0 atom stereocenters. The maximum atomic E-state index is 12.5. The zero-order chi connectivity index (χ0) is 18.5. The first kappa shape index (κ1) is 17.5. The number of halogens is 1. The summed E-state index contributed by atoms with van der Waals surface area (Å²) in [6.45, 7) is 1.89. The Bertz CT molecular complexity index is 1010. The average Bonchev–Trinajstić information content (AvgIpc) is 2.65. The summed E-state index contributed by atoms with van der Waals surface area (Å²) in [5.41, 5.74) is 3.83. The van der Waals surface area contributed by atoms with Gasteiger partial charge in [-0.15, -0.1) is 0 Å². The fourth-order valence-corrected chi connectivity index (χ4v) is 2.55. The van der Waals surface area contributed by atoms with Gasteiger partial charge in [-0.3, -0.25) is 9.78 Å². The van der Waals surface area contributed by atoms with Crippen LogP contribution in [0, 0.1) is 18.3 Å². The van der Waals surface area contributed by atoms with E-state index in [1.165, 1.54) is 0 Å². The molecular formula is C20H15ClN4O. The Hall–Kier alpha value is -3.36. The van der Waals surface area contributed by atoms with Gasteiger partial charge in [0.05, 0.1) is 11.6 Å². The minimum Gasteiger partial charge on any atom is -0.355 e. The van der Waals surface area contributed by atoms with Crippen LogP contribution < -0.4 is 10.6 Å². The minimum atomic E-state index is -0.329. The number of benzene rings is 2. The van der Waals surface area contributed by atoms with Crippen molar-refractivity contribution in [3.05, 3.63) is 82.6 Å². The number of nitrogens with one attached hydrogen (secondary N) is 2. The fraction of sp³-hybridized carbons (Fsp3) is 0.0500. The molecule has 0 radical (unpaired) electrons. The van der Waals surface area contributed by atoms with E-state index < -0.39 is 0 Å². The van der Waals surface area contributed by atoms with E-state index in [-0.39, 0.29) is 11.6 Å². The third-order valence-electron chi connectivity index (χ3n) is 3.72. The predicted molar refractivity (Wildman–Crippen MR) is 103 cm³/mol. The average molecular weight is 363 g/mol. The molecule has 0 aliphatic rings. The van der Waals surface area contributed by atoms with E-state index in [1.807, 2.05) is 19.1 Å². The molecule has 0 aliphatic heterocycles. The van der Waals surface area contributed by atoms with Gasteiger partial charge in [0, 0.05) is 28.3 Å². The number of nitriles is 1. The Morgan fingerprint density at radius 1 is 1.12 bits per heavy atom. The van der Waals surface area contributed by atoms with Crippen LogP contribution in [-0.2, 0) is 0 Å². The Kier molecular flexibility index (Phi) is 5.16. The molecule has 1 heterocycles. The van der Waals surface area contributed by atoms with E-state index in [9.17, 15) is 4.79 Å². The Morgan fingerprint density at radius 3 is 2.73 bits per heavy atom. The quantitative estimate of drug-likeness (QED) is 0.691. The molecule has 6 heteroatoms. The smallest absolute Gasteiger partial charge is 0.274 e. The standard InChI is InChI=1S/C20H15ClN4O/c1-13-5-6-15(21)10-18(13)25-20(26)19-11-17(7-8-23-19)24-16-4-2-3-14(9-16)12-22/h2-11H,1H3,(H,23,24)(H,25,26). The maximum absolute atomic E-state index is 12.5. The lowest BCUT2D eigenvalue weighted by Crippen LogP contribution is -2.14. The summed E-state index contributed by atoms with van der Waals surface area (Å²) in [7, 11) is 0. The number of hydrogen-bond acceptors (Lipinski definition) is 4. The third-order valence-corrected chi connectivity index (χ3v) is 3.96.